The van der Waals surface area contributed by atoms with Crippen molar-refractivity contribution >= 4 is 23.3 Å². The van der Waals surface area contributed by atoms with Crippen LogP contribution >= 0.6 is 11.8 Å². The van der Waals surface area contributed by atoms with Crippen molar-refractivity contribution in [3.8, 4) is 17.7 Å². The SMILES string of the molecule is N#Cc1c(N)nc2c(c1N)[C@H](SCc1ccccc1)c1ccccc1O2. The van der Waals surface area contributed by atoms with E-state index in [9.17, 15) is 5.26 Å². The second-order valence-corrected chi connectivity index (χ2v) is 7.03. The molecule has 4 rings (SSSR count). The molecule has 26 heavy (non-hydrogen) atoms. The van der Waals surface area contributed by atoms with Crippen LogP contribution in [0, 0.1) is 11.3 Å². The molecule has 3 aromatic rings. The molecule has 0 saturated heterocycles. The highest BCUT2D eigenvalue weighted by molar-refractivity contribution is 7.99. The quantitative estimate of drug-likeness (QED) is 0.725. The summed E-state index contributed by atoms with van der Waals surface area (Å²) in [6.07, 6.45) is 0. The first kappa shape index (κ1) is 16.3. The van der Waals surface area contributed by atoms with Crippen molar-refractivity contribution in [2.24, 2.45) is 0 Å². The summed E-state index contributed by atoms with van der Waals surface area (Å²) in [7, 11) is 0. The van der Waals surface area contributed by atoms with Gasteiger partial charge in [0.1, 0.15) is 23.2 Å². The minimum atomic E-state index is -0.0876. The molecule has 0 aliphatic carbocycles. The van der Waals surface area contributed by atoms with E-state index < -0.39 is 0 Å². The molecule has 0 fully saturated rings. The molecular weight excluding hydrogens is 344 g/mol. The van der Waals surface area contributed by atoms with E-state index in [2.05, 4.69) is 23.2 Å². The Morgan fingerprint density at radius 3 is 2.58 bits per heavy atom. The first-order chi connectivity index (χ1) is 12.7. The number of nitriles is 1. The Labute approximate surface area is 155 Å². The normalized spacial score (nSPS) is 14.7. The number of benzene rings is 2. The van der Waals surface area contributed by atoms with E-state index in [0.29, 0.717) is 11.6 Å². The van der Waals surface area contributed by atoms with Crippen LogP contribution in [0.4, 0.5) is 11.5 Å². The fourth-order valence-electron chi connectivity index (χ4n) is 3.04. The van der Waals surface area contributed by atoms with Crippen LogP contribution in [0.2, 0.25) is 0 Å². The topological polar surface area (TPSA) is 98.0 Å². The van der Waals surface area contributed by atoms with E-state index in [1.165, 1.54) is 5.56 Å². The van der Waals surface area contributed by atoms with Gasteiger partial charge in [0.2, 0.25) is 5.88 Å². The third-order valence-corrected chi connectivity index (χ3v) is 5.63. The molecule has 0 bridgehead atoms. The number of thioether (sulfide) groups is 1. The molecule has 2 aromatic carbocycles. The summed E-state index contributed by atoms with van der Waals surface area (Å²) in [5, 5.41) is 9.31. The predicted molar refractivity (Wildman–Crippen MR) is 104 cm³/mol. The van der Waals surface area contributed by atoms with Gasteiger partial charge in [-0.2, -0.15) is 10.2 Å². The van der Waals surface area contributed by atoms with Crippen molar-refractivity contribution in [2.45, 2.75) is 11.0 Å². The van der Waals surface area contributed by atoms with Gasteiger partial charge in [-0.05, 0) is 11.6 Å². The molecule has 4 N–H and O–H groups in total. The molecule has 2 heterocycles. The molecule has 1 aliphatic heterocycles. The van der Waals surface area contributed by atoms with Crippen LogP contribution < -0.4 is 16.2 Å². The van der Waals surface area contributed by atoms with Crippen LogP contribution in [0.15, 0.2) is 54.6 Å². The van der Waals surface area contributed by atoms with Gasteiger partial charge in [0.25, 0.3) is 0 Å². The van der Waals surface area contributed by atoms with Crippen molar-refractivity contribution in [1.29, 1.82) is 5.26 Å². The average Bonchev–Trinajstić information content (AvgIpc) is 2.66. The van der Waals surface area contributed by atoms with Crippen LogP contribution in [0.1, 0.15) is 27.5 Å². The van der Waals surface area contributed by atoms with Gasteiger partial charge in [-0.1, -0.05) is 48.5 Å². The molecule has 6 heteroatoms. The number of anilines is 2. The Morgan fingerprint density at radius 1 is 1.08 bits per heavy atom. The Kier molecular flexibility index (Phi) is 4.15. The number of fused-ring (bicyclic) bond motifs is 2. The van der Waals surface area contributed by atoms with Crippen LogP contribution in [0.5, 0.6) is 11.6 Å². The molecule has 5 nitrogen and oxygen atoms in total. The highest BCUT2D eigenvalue weighted by Crippen LogP contribution is 2.52. The first-order valence-corrected chi connectivity index (χ1v) is 9.15. The van der Waals surface area contributed by atoms with Crippen LogP contribution in [0.3, 0.4) is 0 Å². The number of aromatic nitrogens is 1. The molecule has 128 valence electrons. The fraction of sp³-hybridized carbons (Fsp3) is 0.100. The van der Waals surface area contributed by atoms with E-state index in [0.717, 1.165) is 22.6 Å². The van der Waals surface area contributed by atoms with Crippen molar-refractivity contribution in [3.63, 3.8) is 0 Å². The lowest BCUT2D eigenvalue weighted by atomic mass is 9.98. The van der Waals surface area contributed by atoms with Crippen LogP contribution in [-0.4, -0.2) is 4.98 Å². The number of para-hydroxylation sites is 1. The Hall–Kier alpha value is -3.17. The Balaban J connectivity index is 1.81. The number of nitrogen functional groups attached to an aromatic ring is 2. The van der Waals surface area contributed by atoms with E-state index in [4.69, 9.17) is 16.2 Å². The number of nitrogens with zero attached hydrogens (tertiary/aromatic N) is 2. The maximum absolute atomic E-state index is 9.39. The largest absolute Gasteiger partial charge is 0.438 e. The average molecular weight is 360 g/mol. The molecule has 0 saturated carbocycles. The molecule has 1 atom stereocenters. The molecule has 0 amide bonds. The van der Waals surface area contributed by atoms with Crippen molar-refractivity contribution < 1.29 is 4.74 Å². The summed E-state index contributed by atoms with van der Waals surface area (Å²) in [6.45, 7) is 0. The summed E-state index contributed by atoms with van der Waals surface area (Å²) in [5.74, 6) is 2.00. The van der Waals surface area contributed by atoms with Crippen molar-refractivity contribution in [2.75, 3.05) is 11.5 Å². The minimum absolute atomic E-state index is 0.0876. The first-order valence-electron chi connectivity index (χ1n) is 8.10. The number of pyridine rings is 1. The second kappa shape index (κ2) is 6.62. The number of ether oxygens (including phenoxy) is 1. The number of rotatable bonds is 3. The van der Waals surface area contributed by atoms with E-state index >= 15 is 0 Å². The molecule has 0 spiro atoms. The molecule has 0 radical (unpaired) electrons. The predicted octanol–water partition coefficient (Wildman–Crippen LogP) is 4.25. The van der Waals surface area contributed by atoms with Crippen LogP contribution in [0.25, 0.3) is 0 Å². The number of hydrogen-bond acceptors (Lipinski definition) is 6. The van der Waals surface area contributed by atoms with Gasteiger partial charge in [0.15, 0.2) is 0 Å². The number of hydrogen-bond donors (Lipinski definition) is 2. The lowest BCUT2D eigenvalue weighted by molar-refractivity contribution is 0.441. The van der Waals surface area contributed by atoms with Gasteiger partial charge < -0.3 is 16.2 Å². The van der Waals surface area contributed by atoms with Gasteiger partial charge in [0, 0.05) is 11.3 Å². The van der Waals surface area contributed by atoms with Crippen molar-refractivity contribution in [3.05, 3.63) is 76.9 Å². The van der Waals surface area contributed by atoms with E-state index in [-0.39, 0.29) is 16.6 Å². The highest BCUT2D eigenvalue weighted by Gasteiger charge is 2.32. The lowest BCUT2D eigenvalue weighted by Crippen LogP contribution is -2.15. The van der Waals surface area contributed by atoms with Crippen LogP contribution in [-0.2, 0) is 5.75 Å². The third-order valence-electron chi connectivity index (χ3n) is 4.31. The minimum Gasteiger partial charge on any atom is -0.438 e. The second-order valence-electron chi connectivity index (χ2n) is 5.93. The third kappa shape index (κ3) is 2.72. The standard InChI is InChI=1S/C20H16N4OS/c21-10-14-17(22)16-18(26-11-12-6-2-1-3-7-12)13-8-4-5-9-15(13)25-20(16)24-19(14)23/h1-9,18H,11H2,(H4,22,23,24)/t18-/m1/s1. The molecule has 1 aromatic heterocycles. The smallest absolute Gasteiger partial charge is 0.228 e. The summed E-state index contributed by atoms with van der Waals surface area (Å²) in [6, 6.07) is 20.1. The van der Waals surface area contributed by atoms with Gasteiger partial charge in [-0.15, -0.1) is 11.8 Å². The zero-order chi connectivity index (χ0) is 18.1. The van der Waals surface area contributed by atoms with Gasteiger partial charge in [0.05, 0.1) is 16.5 Å². The zero-order valence-corrected chi connectivity index (χ0v) is 14.7. The fourth-order valence-corrected chi connectivity index (χ4v) is 4.36. The lowest BCUT2D eigenvalue weighted by Gasteiger charge is -2.28. The summed E-state index contributed by atoms with van der Waals surface area (Å²) >= 11 is 1.72. The van der Waals surface area contributed by atoms with E-state index in [1.54, 1.807) is 11.8 Å². The Bertz CT molecular complexity index is 1010. The van der Waals surface area contributed by atoms with Gasteiger partial charge in [-0.3, -0.25) is 0 Å². The molecule has 1 aliphatic rings. The maximum Gasteiger partial charge on any atom is 0.228 e. The summed E-state index contributed by atoms with van der Waals surface area (Å²) in [4.78, 5) is 4.29. The van der Waals surface area contributed by atoms with Gasteiger partial charge in [-0.25, -0.2) is 0 Å². The molecular formula is C20H16N4OS. The summed E-state index contributed by atoms with van der Waals surface area (Å²) in [5.41, 5.74) is 15.7. The molecule has 0 unspecified atom stereocenters. The monoisotopic (exact) mass is 360 g/mol. The number of nitrogens with two attached hydrogens (primary N) is 2. The zero-order valence-electron chi connectivity index (χ0n) is 13.8. The maximum atomic E-state index is 9.39. The summed E-state index contributed by atoms with van der Waals surface area (Å²) < 4.78 is 5.93. The van der Waals surface area contributed by atoms with Crippen molar-refractivity contribution in [1.82, 2.24) is 4.98 Å². The van der Waals surface area contributed by atoms with E-state index in [1.807, 2.05) is 42.5 Å². The Morgan fingerprint density at radius 2 is 1.81 bits per heavy atom. The highest BCUT2D eigenvalue weighted by atomic mass is 32.2. The van der Waals surface area contributed by atoms with Gasteiger partial charge >= 0.3 is 0 Å².